The molecule has 1 unspecified atom stereocenters. The Morgan fingerprint density at radius 2 is 2.00 bits per heavy atom. The van der Waals surface area contributed by atoms with Crippen LogP contribution in [0.1, 0.15) is 44.2 Å². The third-order valence-corrected chi connectivity index (χ3v) is 3.32. The average molecular weight is 304 g/mol. The molecule has 20 heavy (non-hydrogen) atoms. The SMILES string of the molecule is CCCC(CC)Nc1ccc(C(F)(F)F)cc1C(N)=S. The third-order valence-electron chi connectivity index (χ3n) is 3.10. The van der Waals surface area contributed by atoms with Crippen LogP contribution in [0.3, 0.4) is 0 Å². The predicted molar refractivity (Wildman–Crippen MR) is 79.9 cm³/mol. The highest BCUT2D eigenvalue weighted by atomic mass is 32.1. The molecule has 0 fully saturated rings. The van der Waals surface area contributed by atoms with E-state index >= 15 is 0 Å². The summed E-state index contributed by atoms with van der Waals surface area (Å²) in [6, 6.07) is 3.65. The molecule has 0 aliphatic carbocycles. The van der Waals surface area contributed by atoms with Crippen molar-refractivity contribution >= 4 is 22.9 Å². The standard InChI is InChI=1S/C14H19F3N2S/c1-3-5-10(4-2)19-12-7-6-9(14(15,16)17)8-11(12)13(18)20/h6-8,10,19H,3-5H2,1-2H3,(H2,18,20). The van der Waals surface area contributed by atoms with Crippen molar-refractivity contribution in [3.05, 3.63) is 29.3 Å². The number of halogens is 3. The minimum absolute atomic E-state index is 0.0371. The fourth-order valence-corrected chi connectivity index (χ4v) is 2.17. The highest BCUT2D eigenvalue weighted by molar-refractivity contribution is 7.80. The largest absolute Gasteiger partial charge is 0.416 e. The number of benzene rings is 1. The van der Waals surface area contributed by atoms with Gasteiger partial charge in [0, 0.05) is 17.3 Å². The molecule has 1 aromatic rings. The fraction of sp³-hybridized carbons (Fsp3) is 0.500. The lowest BCUT2D eigenvalue weighted by Crippen LogP contribution is -2.22. The van der Waals surface area contributed by atoms with Crippen LogP contribution < -0.4 is 11.1 Å². The molecule has 2 nitrogen and oxygen atoms in total. The normalized spacial score (nSPS) is 13.1. The van der Waals surface area contributed by atoms with E-state index in [2.05, 4.69) is 12.2 Å². The van der Waals surface area contributed by atoms with Crippen molar-refractivity contribution in [2.75, 3.05) is 5.32 Å². The van der Waals surface area contributed by atoms with Gasteiger partial charge in [0.1, 0.15) is 4.99 Å². The van der Waals surface area contributed by atoms with Crippen LogP contribution in [0.25, 0.3) is 0 Å². The number of hydrogen-bond acceptors (Lipinski definition) is 2. The Morgan fingerprint density at radius 3 is 2.45 bits per heavy atom. The van der Waals surface area contributed by atoms with Crippen molar-refractivity contribution in [1.29, 1.82) is 0 Å². The molecular weight excluding hydrogens is 285 g/mol. The molecule has 3 N–H and O–H groups in total. The molecule has 1 atom stereocenters. The Hall–Kier alpha value is -1.30. The zero-order chi connectivity index (χ0) is 15.3. The van der Waals surface area contributed by atoms with E-state index in [0.29, 0.717) is 5.69 Å². The van der Waals surface area contributed by atoms with E-state index in [1.807, 2.05) is 6.92 Å². The van der Waals surface area contributed by atoms with Crippen LogP contribution in [0.2, 0.25) is 0 Å². The van der Waals surface area contributed by atoms with E-state index in [-0.39, 0.29) is 16.6 Å². The number of anilines is 1. The first-order valence-corrected chi connectivity index (χ1v) is 6.98. The van der Waals surface area contributed by atoms with Gasteiger partial charge in [-0.25, -0.2) is 0 Å². The first kappa shape index (κ1) is 16.8. The Bertz CT molecular complexity index is 472. The third kappa shape index (κ3) is 4.37. The Kier molecular flexibility index (Phi) is 5.80. The number of nitrogens with one attached hydrogen (secondary N) is 1. The van der Waals surface area contributed by atoms with E-state index in [1.165, 1.54) is 6.07 Å². The van der Waals surface area contributed by atoms with E-state index in [0.717, 1.165) is 31.4 Å². The van der Waals surface area contributed by atoms with Gasteiger partial charge in [0.25, 0.3) is 0 Å². The van der Waals surface area contributed by atoms with Gasteiger partial charge in [0.2, 0.25) is 0 Å². The van der Waals surface area contributed by atoms with Gasteiger partial charge in [-0.15, -0.1) is 0 Å². The molecule has 0 heterocycles. The van der Waals surface area contributed by atoms with Gasteiger partial charge in [0.05, 0.1) is 5.56 Å². The maximum Gasteiger partial charge on any atom is 0.416 e. The van der Waals surface area contributed by atoms with Crippen molar-refractivity contribution in [1.82, 2.24) is 0 Å². The van der Waals surface area contributed by atoms with Crippen LogP contribution >= 0.6 is 12.2 Å². The zero-order valence-electron chi connectivity index (χ0n) is 11.6. The second-order valence-corrected chi connectivity index (χ2v) is 5.10. The van der Waals surface area contributed by atoms with Crippen LogP contribution in [-0.2, 0) is 6.18 Å². The number of alkyl halides is 3. The Morgan fingerprint density at radius 1 is 1.35 bits per heavy atom. The molecule has 6 heteroatoms. The molecule has 112 valence electrons. The summed E-state index contributed by atoms with van der Waals surface area (Å²) >= 11 is 4.86. The van der Waals surface area contributed by atoms with Crippen LogP contribution in [0, 0.1) is 0 Å². The summed E-state index contributed by atoms with van der Waals surface area (Å²) in [5.41, 5.74) is 5.60. The molecular formula is C14H19F3N2S. The van der Waals surface area contributed by atoms with Gasteiger partial charge in [0.15, 0.2) is 0 Å². The summed E-state index contributed by atoms with van der Waals surface area (Å²) in [4.78, 5) is -0.0371. The van der Waals surface area contributed by atoms with Gasteiger partial charge in [-0.2, -0.15) is 13.2 Å². The summed E-state index contributed by atoms with van der Waals surface area (Å²) in [6.07, 6.45) is -1.58. The molecule has 0 aliphatic rings. The maximum atomic E-state index is 12.7. The van der Waals surface area contributed by atoms with Crippen molar-refractivity contribution < 1.29 is 13.2 Å². The van der Waals surface area contributed by atoms with Crippen LogP contribution in [-0.4, -0.2) is 11.0 Å². The lowest BCUT2D eigenvalue weighted by molar-refractivity contribution is -0.137. The maximum absolute atomic E-state index is 12.7. The highest BCUT2D eigenvalue weighted by Gasteiger charge is 2.31. The molecule has 0 aromatic heterocycles. The highest BCUT2D eigenvalue weighted by Crippen LogP contribution is 2.32. The Balaban J connectivity index is 3.10. The minimum atomic E-state index is -4.40. The molecule has 0 saturated carbocycles. The summed E-state index contributed by atoms with van der Waals surface area (Å²) < 4.78 is 38.1. The van der Waals surface area contributed by atoms with E-state index < -0.39 is 11.7 Å². The monoisotopic (exact) mass is 304 g/mol. The lowest BCUT2D eigenvalue weighted by atomic mass is 10.0. The summed E-state index contributed by atoms with van der Waals surface area (Å²) in [5.74, 6) is 0. The van der Waals surface area contributed by atoms with Crippen molar-refractivity contribution in [2.45, 2.75) is 45.3 Å². The van der Waals surface area contributed by atoms with Gasteiger partial charge in [-0.05, 0) is 31.0 Å². The van der Waals surface area contributed by atoms with Gasteiger partial charge in [-0.3, -0.25) is 0 Å². The van der Waals surface area contributed by atoms with Gasteiger partial charge >= 0.3 is 6.18 Å². The van der Waals surface area contributed by atoms with Crippen molar-refractivity contribution in [2.24, 2.45) is 5.73 Å². The number of rotatable bonds is 6. The van der Waals surface area contributed by atoms with Gasteiger partial charge < -0.3 is 11.1 Å². The molecule has 0 saturated heterocycles. The topological polar surface area (TPSA) is 38.0 Å². The van der Waals surface area contributed by atoms with Gasteiger partial charge in [-0.1, -0.05) is 32.5 Å². The Labute approximate surface area is 122 Å². The molecule has 0 aliphatic heterocycles. The average Bonchev–Trinajstić information content (AvgIpc) is 2.36. The molecule has 1 aromatic carbocycles. The fourth-order valence-electron chi connectivity index (χ4n) is 2.00. The zero-order valence-corrected chi connectivity index (χ0v) is 12.4. The summed E-state index contributed by atoms with van der Waals surface area (Å²) in [7, 11) is 0. The smallest absolute Gasteiger partial charge is 0.389 e. The molecule has 1 rings (SSSR count). The van der Waals surface area contributed by atoms with Crippen LogP contribution in [0.5, 0.6) is 0 Å². The first-order chi connectivity index (χ1) is 9.29. The number of hydrogen-bond donors (Lipinski definition) is 2. The minimum Gasteiger partial charge on any atom is -0.389 e. The quantitative estimate of drug-likeness (QED) is 0.768. The molecule has 0 amide bonds. The van der Waals surface area contributed by atoms with E-state index in [4.69, 9.17) is 18.0 Å². The second kappa shape index (κ2) is 6.92. The number of thiocarbonyl (C=S) groups is 1. The van der Waals surface area contributed by atoms with Crippen molar-refractivity contribution in [3.8, 4) is 0 Å². The predicted octanol–water partition coefficient (Wildman–Crippen LogP) is 4.33. The summed E-state index contributed by atoms with van der Waals surface area (Å²) in [5, 5.41) is 3.22. The van der Waals surface area contributed by atoms with Crippen LogP contribution in [0.15, 0.2) is 18.2 Å². The first-order valence-electron chi connectivity index (χ1n) is 6.57. The van der Waals surface area contributed by atoms with E-state index in [9.17, 15) is 13.2 Å². The van der Waals surface area contributed by atoms with E-state index in [1.54, 1.807) is 0 Å². The number of nitrogens with two attached hydrogens (primary N) is 1. The summed E-state index contributed by atoms with van der Waals surface area (Å²) in [6.45, 7) is 4.09. The van der Waals surface area contributed by atoms with Crippen molar-refractivity contribution in [3.63, 3.8) is 0 Å². The van der Waals surface area contributed by atoms with Crippen LogP contribution in [0.4, 0.5) is 18.9 Å². The second-order valence-electron chi connectivity index (χ2n) is 4.66. The molecule has 0 radical (unpaired) electrons. The molecule has 0 spiro atoms. The molecule has 0 bridgehead atoms. The lowest BCUT2D eigenvalue weighted by Gasteiger charge is -2.20.